The standard InChI is InChI=1S/C25H24N6O7/c1-3-5-8-11-29-22(28-24(32)15-12-16(30(34)35)14-17(13-15)31(36)37)20(25(33)38-4-2)21-23(29)27-19-10-7-6-9-18(19)26-21/h6-7,9-10,12-14H,3-5,8,11H2,1-2H3,(H,28,32). The predicted molar refractivity (Wildman–Crippen MR) is 138 cm³/mol. The quantitative estimate of drug-likeness (QED) is 0.130. The van der Waals surface area contributed by atoms with Crippen LogP contribution >= 0.6 is 0 Å². The van der Waals surface area contributed by atoms with Crippen LogP contribution in [0.25, 0.3) is 22.2 Å². The SMILES string of the molecule is CCCCCn1c(NC(=O)c2cc([N+](=O)[O-])cc([N+](=O)[O-])c2)c(C(=O)OCC)c2nc3ccccc3nc21. The average Bonchev–Trinajstić information content (AvgIpc) is 3.18. The number of esters is 1. The number of non-ortho nitro benzene ring substituents is 2. The molecule has 196 valence electrons. The number of ether oxygens (including phenoxy) is 1. The van der Waals surface area contributed by atoms with E-state index in [0.29, 0.717) is 29.6 Å². The Kier molecular flexibility index (Phi) is 7.55. The molecular formula is C25H24N6O7. The second-order valence-corrected chi connectivity index (χ2v) is 8.39. The lowest BCUT2D eigenvalue weighted by atomic mass is 10.1. The third-order valence-corrected chi connectivity index (χ3v) is 5.83. The van der Waals surface area contributed by atoms with Gasteiger partial charge >= 0.3 is 5.97 Å². The molecule has 0 radical (unpaired) electrons. The second-order valence-electron chi connectivity index (χ2n) is 8.39. The summed E-state index contributed by atoms with van der Waals surface area (Å²) in [6, 6.07) is 9.73. The van der Waals surface area contributed by atoms with E-state index in [-0.39, 0.29) is 29.1 Å². The largest absolute Gasteiger partial charge is 0.462 e. The minimum absolute atomic E-state index is 0.0233. The number of nitrogens with zero attached hydrogens (tertiary/aromatic N) is 5. The maximum Gasteiger partial charge on any atom is 0.344 e. The zero-order chi connectivity index (χ0) is 27.4. The number of carbonyl (C=O) groups excluding carboxylic acids is 2. The number of para-hydroxylation sites is 2. The summed E-state index contributed by atoms with van der Waals surface area (Å²) in [7, 11) is 0. The molecule has 0 aliphatic heterocycles. The van der Waals surface area contributed by atoms with Crippen molar-refractivity contribution in [2.45, 2.75) is 39.7 Å². The number of benzene rings is 2. The maximum atomic E-state index is 13.3. The minimum Gasteiger partial charge on any atom is -0.462 e. The highest BCUT2D eigenvalue weighted by molar-refractivity contribution is 6.14. The highest BCUT2D eigenvalue weighted by Gasteiger charge is 2.29. The first-order valence-corrected chi connectivity index (χ1v) is 12.0. The molecule has 0 atom stereocenters. The van der Waals surface area contributed by atoms with E-state index in [2.05, 4.69) is 10.3 Å². The first kappa shape index (κ1) is 26.1. The summed E-state index contributed by atoms with van der Waals surface area (Å²) < 4.78 is 6.92. The number of nitro groups is 2. The number of unbranched alkanes of at least 4 members (excludes halogenated alkanes) is 2. The summed E-state index contributed by atoms with van der Waals surface area (Å²) >= 11 is 0. The molecule has 13 heteroatoms. The van der Waals surface area contributed by atoms with Gasteiger partial charge in [-0.15, -0.1) is 0 Å². The van der Waals surface area contributed by atoms with Crippen molar-refractivity contribution in [3.63, 3.8) is 0 Å². The van der Waals surface area contributed by atoms with Crippen molar-refractivity contribution in [3.05, 3.63) is 73.8 Å². The number of aryl methyl sites for hydroxylation is 1. The number of carbonyl (C=O) groups is 2. The van der Waals surface area contributed by atoms with Gasteiger partial charge in [0.2, 0.25) is 0 Å². The number of fused-ring (bicyclic) bond motifs is 2. The van der Waals surface area contributed by atoms with Crippen LogP contribution in [0.2, 0.25) is 0 Å². The Labute approximate surface area is 215 Å². The zero-order valence-electron chi connectivity index (χ0n) is 20.7. The third-order valence-electron chi connectivity index (χ3n) is 5.83. The summed E-state index contributed by atoms with van der Waals surface area (Å²) in [5.41, 5.74) is 0.102. The Bertz CT molecular complexity index is 1550. The van der Waals surface area contributed by atoms with Crippen LogP contribution in [0.3, 0.4) is 0 Å². The lowest BCUT2D eigenvalue weighted by molar-refractivity contribution is -0.394. The molecule has 0 aliphatic rings. The van der Waals surface area contributed by atoms with E-state index in [1.54, 1.807) is 35.8 Å². The van der Waals surface area contributed by atoms with Crippen LogP contribution in [0, 0.1) is 20.2 Å². The van der Waals surface area contributed by atoms with Gasteiger partial charge in [-0.25, -0.2) is 14.8 Å². The topological polar surface area (TPSA) is 172 Å². The lowest BCUT2D eigenvalue weighted by Crippen LogP contribution is -2.19. The lowest BCUT2D eigenvalue weighted by Gasteiger charge is -2.13. The monoisotopic (exact) mass is 520 g/mol. The molecule has 0 spiro atoms. The van der Waals surface area contributed by atoms with E-state index in [0.717, 1.165) is 31.0 Å². The van der Waals surface area contributed by atoms with Gasteiger partial charge in [-0.1, -0.05) is 31.9 Å². The highest BCUT2D eigenvalue weighted by Crippen LogP contribution is 2.32. The molecule has 2 aromatic carbocycles. The van der Waals surface area contributed by atoms with Gasteiger partial charge in [-0.2, -0.15) is 0 Å². The Morgan fingerprint density at radius 2 is 1.61 bits per heavy atom. The summed E-state index contributed by atoms with van der Waals surface area (Å²) in [5.74, 6) is -1.58. The van der Waals surface area contributed by atoms with Gasteiger partial charge in [0.1, 0.15) is 16.9 Å². The molecule has 38 heavy (non-hydrogen) atoms. The van der Waals surface area contributed by atoms with Crippen LogP contribution in [0.4, 0.5) is 17.2 Å². The van der Waals surface area contributed by atoms with Crippen molar-refractivity contribution < 1.29 is 24.2 Å². The molecular weight excluding hydrogens is 496 g/mol. The number of nitro benzene ring substituents is 2. The molecule has 1 N–H and O–H groups in total. The number of anilines is 1. The van der Waals surface area contributed by atoms with Crippen molar-refractivity contribution in [1.29, 1.82) is 0 Å². The van der Waals surface area contributed by atoms with Gasteiger partial charge in [0, 0.05) is 18.7 Å². The average molecular weight is 521 g/mol. The van der Waals surface area contributed by atoms with Crippen LogP contribution in [0.15, 0.2) is 42.5 Å². The number of hydrogen-bond donors (Lipinski definition) is 1. The van der Waals surface area contributed by atoms with Gasteiger partial charge < -0.3 is 14.6 Å². The van der Waals surface area contributed by atoms with Crippen molar-refractivity contribution in [2.75, 3.05) is 11.9 Å². The van der Waals surface area contributed by atoms with E-state index < -0.39 is 33.1 Å². The van der Waals surface area contributed by atoms with E-state index in [9.17, 15) is 29.8 Å². The van der Waals surface area contributed by atoms with E-state index >= 15 is 0 Å². The van der Waals surface area contributed by atoms with Gasteiger partial charge in [0.15, 0.2) is 5.65 Å². The van der Waals surface area contributed by atoms with Crippen molar-refractivity contribution >= 4 is 51.3 Å². The molecule has 0 saturated carbocycles. The highest BCUT2D eigenvalue weighted by atomic mass is 16.6. The number of aromatic nitrogens is 3. The Morgan fingerprint density at radius 1 is 0.974 bits per heavy atom. The van der Waals surface area contributed by atoms with Crippen molar-refractivity contribution in [2.24, 2.45) is 0 Å². The first-order valence-electron chi connectivity index (χ1n) is 12.0. The summed E-state index contributed by atoms with van der Waals surface area (Å²) in [6.07, 6.45) is 2.47. The van der Waals surface area contributed by atoms with E-state index in [4.69, 9.17) is 9.72 Å². The molecule has 2 aromatic heterocycles. The van der Waals surface area contributed by atoms with Crippen molar-refractivity contribution in [3.8, 4) is 0 Å². The van der Waals surface area contributed by atoms with E-state index in [1.165, 1.54) is 0 Å². The van der Waals surface area contributed by atoms with Crippen LogP contribution in [-0.2, 0) is 11.3 Å². The molecule has 0 unspecified atom stereocenters. The summed E-state index contributed by atoms with van der Waals surface area (Å²) in [5, 5.41) is 25.3. The summed E-state index contributed by atoms with van der Waals surface area (Å²) in [4.78, 5) is 56.8. The normalized spacial score (nSPS) is 11.0. The second kappa shape index (κ2) is 11.0. The van der Waals surface area contributed by atoms with Gasteiger partial charge in [-0.3, -0.25) is 25.0 Å². The van der Waals surface area contributed by atoms with Crippen LogP contribution in [0.5, 0.6) is 0 Å². The van der Waals surface area contributed by atoms with Crippen LogP contribution < -0.4 is 5.32 Å². The first-order chi connectivity index (χ1) is 18.2. The summed E-state index contributed by atoms with van der Waals surface area (Å²) in [6.45, 7) is 4.11. The third kappa shape index (κ3) is 5.12. The van der Waals surface area contributed by atoms with Gasteiger partial charge in [0.25, 0.3) is 17.3 Å². The Hall–Kier alpha value is -4.94. The molecule has 13 nitrogen and oxygen atoms in total. The fourth-order valence-corrected chi connectivity index (χ4v) is 4.08. The molecule has 0 aliphatic carbocycles. The number of amides is 1. The number of nitrogens with one attached hydrogen (secondary N) is 1. The molecule has 4 aromatic rings. The van der Waals surface area contributed by atoms with Gasteiger partial charge in [0.05, 0.1) is 39.1 Å². The fraction of sp³-hybridized carbons (Fsp3) is 0.280. The zero-order valence-corrected chi connectivity index (χ0v) is 20.7. The van der Waals surface area contributed by atoms with E-state index in [1.807, 2.05) is 6.92 Å². The molecule has 0 saturated heterocycles. The minimum atomic E-state index is -0.883. The van der Waals surface area contributed by atoms with Crippen LogP contribution in [0.1, 0.15) is 53.8 Å². The molecule has 0 fully saturated rings. The molecule has 2 heterocycles. The van der Waals surface area contributed by atoms with Crippen LogP contribution in [-0.4, -0.2) is 42.9 Å². The smallest absolute Gasteiger partial charge is 0.344 e. The predicted octanol–water partition coefficient (Wildman–Crippen LogP) is 5.02. The molecule has 0 bridgehead atoms. The number of rotatable bonds is 10. The molecule has 4 rings (SSSR count). The Morgan fingerprint density at radius 3 is 2.18 bits per heavy atom. The molecule has 1 amide bonds. The Balaban J connectivity index is 1.92. The fourth-order valence-electron chi connectivity index (χ4n) is 4.08. The van der Waals surface area contributed by atoms with Gasteiger partial charge in [-0.05, 0) is 25.5 Å². The number of hydrogen-bond acceptors (Lipinski definition) is 9. The van der Waals surface area contributed by atoms with Crippen molar-refractivity contribution in [1.82, 2.24) is 14.5 Å². The maximum absolute atomic E-state index is 13.3.